The van der Waals surface area contributed by atoms with Gasteiger partial charge in [0.25, 0.3) is 0 Å². The summed E-state index contributed by atoms with van der Waals surface area (Å²) in [6, 6.07) is 16.1. The Hall–Kier alpha value is -2.34. The number of hydrogen-bond donors (Lipinski definition) is 2. The van der Waals surface area contributed by atoms with Gasteiger partial charge in [-0.1, -0.05) is 29.8 Å². The van der Waals surface area contributed by atoms with E-state index in [1.54, 1.807) is 7.11 Å². The largest absolute Gasteiger partial charge is 0.497 e. The summed E-state index contributed by atoms with van der Waals surface area (Å²) in [6.07, 6.45) is 5.63. The summed E-state index contributed by atoms with van der Waals surface area (Å²) in [5.74, 6) is 0.814. The molecule has 0 atom stereocenters. The number of hydrogen-bond acceptors (Lipinski definition) is 4. The minimum atomic E-state index is -0.149. The minimum absolute atomic E-state index is 0.149. The van der Waals surface area contributed by atoms with Crippen molar-refractivity contribution in [2.24, 2.45) is 0 Å². The Labute approximate surface area is 176 Å². The number of nitrogens with one attached hydrogen (secondary N) is 1. The van der Waals surface area contributed by atoms with Gasteiger partial charge in [0, 0.05) is 29.9 Å². The summed E-state index contributed by atoms with van der Waals surface area (Å²) < 4.78 is 7.15. The third-order valence-electron chi connectivity index (χ3n) is 5.53. The van der Waals surface area contributed by atoms with Gasteiger partial charge >= 0.3 is 0 Å². The summed E-state index contributed by atoms with van der Waals surface area (Å²) in [7, 11) is 1.66. The van der Waals surface area contributed by atoms with Crippen LogP contribution >= 0.6 is 11.6 Å². The van der Waals surface area contributed by atoms with Crippen LogP contribution in [0.1, 0.15) is 31.2 Å². The molecule has 1 aromatic heterocycles. The molecule has 4 rings (SSSR count). The quantitative estimate of drug-likeness (QED) is 0.622. The van der Waals surface area contributed by atoms with Crippen LogP contribution in [-0.2, 0) is 6.54 Å². The lowest BCUT2D eigenvalue weighted by atomic mass is 9.93. The van der Waals surface area contributed by atoms with E-state index >= 15 is 0 Å². The van der Waals surface area contributed by atoms with Crippen molar-refractivity contribution >= 4 is 11.6 Å². The molecule has 5 nitrogen and oxygen atoms in total. The zero-order valence-corrected chi connectivity index (χ0v) is 17.3. The van der Waals surface area contributed by atoms with Gasteiger partial charge in [-0.2, -0.15) is 5.10 Å². The Morgan fingerprint density at radius 3 is 2.52 bits per heavy atom. The highest BCUT2D eigenvalue weighted by molar-refractivity contribution is 6.33. The Morgan fingerprint density at radius 1 is 1.10 bits per heavy atom. The molecule has 152 valence electrons. The molecule has 1 aliphatic carbocycles. The van der Waals surface area contributed by atoms with Gasteiger partial charge in [-0.15, -0.1) is 0 Å². The molecule has 1 fully saturated rings. The fourth-order valence-corrected chi connectivity index (χ4v) is 4.05. The van der Waals surface area contributed by atoms with Crippen molar-refractivity contribution in [1.29, 1.82) is 0 Å². The van der Waals surface area contributed by atoms with Crippen molar-refractivity contribution in [3.05, 3.63) is 65.3 Å². The van der Waals surface area contributed by atoms with Crippen molar-refractivity contribution < 1.29 is 9.84 Å². The number of nitrogens with zero attached hydrogens (tertiary/aromatic N) is 2. The average Bonchev–Trinajstić information content (AvgIpc) is 3.18. The van der Waals surface area contributed by atoms with Crippen LogP contribution < -0.4 is 10.1 Å². The van der Waals surface area contributed by atoms with Gasteiger partial charge in [0.1, 0.15) is 5.75 Å². The molecule has 0 bridgehead atoms. The second-order valence-electron chi connectivity index (χ2n) is 7.51. The van der Waals surface area contributed by atoms with E-state index in [9.17, 15) is 5.11 Å². The first kappa shape index (κ1) is 20.0. The van der Waals surface area contributed by atoms with Gasteiger partial charge in [-0.05, 0) is 56.0 Å². The molecule has 0 spiro atoms. The molecule has 0 saturated heterocycles. The monoisotopic (exact) mass is 411 g/mol. The maximum Gasteiger partial charge on any atom is 0.119 e. The second-order valence-corrected chi connectivity index (χ2v) is 7.92. The maximum atomic E-state index is 9.74. The van der Waals surface area contributed by atoms with Crippen LogP contribution in [0.25, 0.3) is 16.9 Å². The highest BCUT2D eigenvalue weighted by Gasteiger charge is 2.20. The molecule has 0 aliphatic heterocycles. The predicted octanol–water partition coefficient (Wildman–Crippen LogP) is 4.59. The maximum absolute atomic E-state index is 9.74. The number of aliphatic hydroxyl groups excluding tert-OH is 1. The van der Waals surface area contributed by atoms with Crippen molar-refractivity contribution in [1.82, 2.24) is 15.1 Å². The zero-order chi connectivity index (χ0) is 20.2. The van der Waals surface area contributed by atoms with Crippen molar-refractivity contribution in [2.75, 3.05) is 7.11 Å². The second kappa shape index (κ2) is 8.99. The number of halogens is 1. The number of benzene rings is 2. The first-order chi connectivity index (χ1) is 14.1. The third kappa shape index (κ3) is 4.64. The molecule has 6 heteroatoms. The van der Waals surface area contributed by atoms with Gasteiger partial charge < -0.3 is 15.2 Å². The third-order valence-corrected chi connectivity index (χ3v) is 5.86. The molecule has 0 radical (unpaired) electrons. The Morgan fingerprint density at radius 2 is 1.83 bits per heavy atom. The average molecular weight is 412 g/mol. The molecule has 3 aromatic rings. The molecular formula is C23H26ClN3O2. The molecule has 2 aromatic carbocycles. The highest BCUT2D eigenvalue weighted by Crippen LogP contribution is 2.30. The first-order valence-electron chi connectivity index (χ1n) is 10.0. The van der Waals surface area contributed by atoms with E-state index in [0.29, 0.717) is 17.6 Å². The molecule has 0 amide bonds. The predicted molar refractivity (Wildman–Crippen MR) is 116 cm³/mol. The van der Waals surface area contributed by atoms with E-state index in [2.05, 4.69) is 11.5 Å². The van der Waals surface area contributed by atoms with Crippen LogP contribution in [0.2, 0.25) is 5.02 Å². The fraction of sp³-hybridized carbons (Fsp3) is 0.348. The zero-order valence-electron chi connectivity index (χ0n) is 16.5. The number of rotatable bonds is 6. The van der Waals surface area contributed by atoms with Crippen molar-refractivity contribution in [2.45, 2.75) is 44.4 Å². The molecule has 29 heavy (non-hydrogen) atoms. The van der Waals surface area contributed by atoms with Gasteiger partial charge in [-0.3, -0.25) is 0 Å². The van der Waals surface area contributed by atoms with Crippen LogP contribution in [0.5, 0.6) is 5.75 Å². The molecule has 1 saturated carbocycles. The topological polar surface area (TPSA) is 59.3 Å². The van der Waals surface area contributed by atoms with Crippen LogP contribution in [0.3, 0.4) is 0 Å². The van der Waals surface area contributed by atoms with E-state index < -0.39 is 0 Å². The van der Waals surface area contributed by atoms with Crippen molar-refractivity contribution in [3.63, 3.8) is 0 Å². The minimum Gasteiger partial charge on any atom is -0.497 e. The molecule has 1 aliphatic rings. The van der Waals surface area contributed by atoms with E-state index in [1.807, 2.05) is 53.2 Å². The summed E-state index contributed by atoms with van der Waals surface area (Å²) >= 11 is 6.48. The highest BCUT2D eigenvalue weighted by atomic mass is 35.5. The Kier molecular flexibility index (Phi) is 6.19. The van der Waals surface area contributed by atoms with Crippen LogP contribution in [0, 0.1) is 0 Å². The van der Waals surface area contributed by atoms with E-state index in [-0.39, 0.29) is 6.10 Å². The van der Waals surface area contributed by atoms with E-state index in [0.717, 1.165) is 53.9 Å². The van der Waals surface area contributed by atoms with E-state index in [4.69, 9.17) is 21.4 Å². The summed E-state index contributed by atoms with van der Waals surface area (Å²) in [4.78, 5) is 0. The molecule has 1 heterocycles. The summed E-state index contributed by atoms with van der Waals surface area (Å²) in [6.45, 7) is 0.706. The summed E-state index contributed by atoms with van der Waals surface area (Å²) in [5, 5.41) is 18.9. The van der Waals surface area contributed by atoms with E-state index in [1.165, 1.54) is 0 Å². The van der Waals surface area contributed by atoms with Crippen LogP contribution in [0.4, 0.5) is 0 Å². The number of ether oxygens (including phenoxy) is 1. The molecular weight excluding hydrogens is 386 g/mol. The van der Waals surface area contributed by atoms with Crippen LogP contribution in [0.15, 0.2) is 54.7 Å². The molecule has 0 unspecified atom stereocenters. The standard InChI is InChI=1S/C23H26ClN3O2/c1-29-20-12-8-18(9-13-20)27-15-16(14-25-17-6-10-19(28)11-7-17)23(26-27)21-4-2-3-5-22(21)24/h2-5,8-9,12-13,15,17,19,25,28H,6-7,10-11,14H2,1H3. The SMILES string of the molecule is COc1ccc(-n2cc(CNC3CCC(O)CC3)c(-c3ccccc3Cl)n2)cc1. The Bertz CT molecular complexity index is 947. The van der Waals surface area contributed by atoms with Gasteiger partial charge in [0.2, 0.25) is 0 Å². The van der Waals surface area contributed by atoms with Crippen LogP contribution in [-0.4, -0.2) is 34.1 Å². The van der Waals surface area contributed by atoms with Gasteiger partial charge in [0.05, 0.1) is 29.6 Å². The molecule has 2 N–H and O–H groups in total. The summed E-state index contributed by atoms with van der Waals surface area (Å²) in [5.41, 5.74) is 3.87. The van der Waals surface area contributed by atoms with Crippen molar-refractivity contribution in [3.8, 4) is 22.7 Å². The lowest BCUT2D eigenvalue weighted by Gasteiger charge is -2.26. The fourth-order valence-electron chi connectivity index (χ4n) is 3.82. The smallest absolute Gasteiger partial charge is 0.119 e. The number of methoxy groups -OCH3 is 1. The Balaban J connectivity index is 1.62. The first-order valence-corrected chi connectivity index (χ1v) is 10.4. The van der Waals surface area contributed by atoms with Gasteiger partial charge in [-0.25, -0.2) is 4.68 Å². The van der Waals surface area contributed by atoms with Gasteiger partial charge in [0.15, 0.2) is 0 Å². The number of aliphatic hydroxyl groups is 1. The number of aromatic nitrogens is 2. The normalized spacial score (nSPS) is 19.3. The lowest BCUT2D eigenvalue weighted by Crippen LogP contribution is -2.34. The lowest BCUT2D eigenvalue weighted by molar-refractivity contribution is 0.116.